The lowest BCUT2D eigenvalue weighted by Gasteiger charge is -2.19. The van der Waals surface area contributed by atoms with Gasteiger partial charge < -0.3 is 10.1 Å². The molecule has 0 atom stereocenters. The van der Waals surface area contributed by atoms with Crippen molar-refractivity contribution in [1.29, 1.82) is 5.26 Å². The maximum atomic E-state index is 11.9. The fourth-order valence-corrected chi connectivity index (χ4v) is 1.73. The Bertz CT molecular complexity index is 520. The Kier molecular flexibility index (Phi) is 6.92. The van der Waals surface area contributed by atoms with Gasteiger partial charge in [0.15, 0.2) is 0 Å². The Hall–Kier alpha value is -2.39. The number of hydrogen-bond acceptors (Lipinski definition) is 5. The summed E-state index contributed by atoms with van der Waals surface area (Å²) in [5, 5.41) is 11.5. The summed E-state index contributed by atoms with van der Waals surface area (Å²) in [4.78, 5) is 24.9. The van der Waals surface area contributed by atoms with Gasteiger partial charge in [0.05, 0.1) is 31.7 Å². The molecule has 1 amide bonds. The number of benzene rings is 1. The average molecular weight is 289 g/mol. The molecular formula is C15H19N3O3. The Morgan fingerprint density at radius 2 is 2.00 bits per heavy atom. The van der Waals surface area contributed by atoms with Crippen LogP contribution in [0.15, 0.2) is 24.3 Å². The number of nitriles is 1. The standard InChI is InChI=1S/C15H19N3O3/c1-3-18(9-8-15(20)21-2)11-14(19)17-13-6-4-12(10-16)5-7-13/h4-7H,3,8-9,11H2,1-2H3,(H,17,19). The number of esters is 1. The van der Waals surface area contributed by atoms with Crippen molar-refractivity contribution in [1.82, 2.24) is 4.90 Å². The van der Waals surface area contributed by atoms with Gasteiger partial charge in [0.2, 0.25) is 5.91 Å². The Balaban J connectivity index is 2.46. The lowest BCUT2D eigenvalue weighted by Crippen LogP contribution is -2.34. The number of rotatable bonds is 7. The molecule has 1 rings (SSSR count). The summed E-state index contributed by atoms with van der Waals surface area (Å²) < 4.78 is 4.58. The summed E-state index contributed by atoms with van der Waals surface area (Å²) in [7, 11) is 1.34. The number of carbonyl (C=O) groups is 2. The largest absolute Gasteiger partial charge is 0.469 e. The van der Waals surface area contributed by atoms with Crippen LogP contribution in [0.4, 0.5) is 5.69 Å². The molecule has 21 heavy (non-hydrogen) atoms. The van der Waals surface area contributed by atoms with Gasteiger partial charge in [-0.1, -0.05) is 6.92 Å². The summed E-state index contributed by atoms with van der Waals surface area (Å²) in [6, 6.07) is 8.67. The number of hydrogen-bond donors (Lipinski definition) is 1. The van der Waals surface area contributed by atoms with Gasteiger partial charge in [0, 0.05) is 12.2 Å². The number of nitrogens with one attached hydrogen (secondary N) is 1. The van der Waals surface area contributed by atoms with E-state index in [0.717, 1.165) is 0 Å². The van der Waals surface area contributed by atoms with E-state index in [4.69, 9.17) is 5.26 Å². The molecule has 0 aliphatic rings. The van der Waals surface area contributed by atoms with Crippen molar-refractivity contribution in [2.75, 3.05) is 32.1 Å². The summed E-state index contributed by atoms with van der Waals surface area (Å²) in [6.45, 7) is 3.27. The van der Waals surface area contributed by atoms with Gasteiger partial charge in [0.1, 0.15) is 0 Å². The predicted molar refractivity (Wildman–Crippen MR) is 78.5 cm³/mol. The van der Waals surface area contributed by atoms with Crippen LogP contribution >= 0.6 is 0 Å². The molecule has 0 saturated heterocycles. The van der Waals surface area contributed by atoms with E-state index in [2.05, 4.69) is 10.1 Å². The van der Waals surface area contributed by atoms with Crippen molar-refractivity contribution >= 4 is 17.6 Å². The summed E-state index contributed by atoms with van der Waals surface area (Å²) >= 11 is 0. The molecule has 1 aromatic carbocycles. The zero-order chi connectivity index (χ0) is 15.7. The van der Waals surface area contributed by atoms with E-state index in [1.54, 1.807) is 24.3 Å². The SMILES string of the molecule is CCN(CCC(=O)OC)CC(=O)Nc1ccc(C#N)cc1. The van der Waals surface area contributed by atoms with Crippen LogP contribution in [-0.2, 0) is 14.3 Å². The van der Waals surface area contributed by atoms with Crippen molar-refractivity contribution in [3.05, 3.63) is 29.8 Å². The van der Waals surface area contributed by atoms with Gasteiger partial charge in [-0.3, -0.25) is 14.5 Å². The van der Waals surface area contributed by atoms with Gasteiger partial charge in [-0.15, -0.1) is 0 Å². The smallest absolute Gasteiger partial charge is 0.306 e. The van der Waals surface area contributed by atoms with E-state index in [9.17, 15) is 9.59 Å². The van der Waals surface area contributed by atoms with Crippen molar-refractivity contribution < 1.29 is 14.3 Å². The zero-order valence-corrected chi connectivity index (χ0v) is 12.3. The van der Waals surface area contributed by atoms with Crippen LogP contribution in [0.25, 0.3) is 0 Å². The molecule has 0 spiro atoms. The van der Waals surface area contributed by atoms with Gasteiger partial charge >= 0.3 is 5.97 Å². The minimum atomic E-state index is -0.291. The summed E-state index contributed by atoms with van der Waals surface area (Å²) in [6.07, 6.45) is 0.258. The van der Waals surface area contributed by atoms with Crippen LogP contribution in [0.5, 0.6) is 0 Å². The van der Waals surface area contributed by atoms with E-state index in [1.165, 1.54) is 7.11 Å². The third-order valence-corrected chi connectivity index (χ3v) is 2.97. The van der Waals surface area contributed by atoms with Crippen LogP contribution in [0, 0.1) is 11.3 Å². The first-order valence-corrected chi connectivity index (χ1v) is 6.68. The van der Waals surface area contributed by atoms with E-state index in [0.29, 0.717) is 24.3 Å². The lowest BCUT2D eigenvalue weighted by atomic mass is 10.2. The second kappa shape index (κ2) is 8.72. The predicted octanol–water partition coefficient (Wildman–Crippen LogP) is 1.38. The zero-order valence-electron chi connectivity index (χ0n) is 12.3. The third-order valence-electron chi connectivity index (χ3n) is 2.97. The quantitative estimate of drug-likeness (QED) is 0.767. The van der Waals surface area contributed by atoms with Crippen molar-refractivity contribution in [3.63, 3.8) is 0 Å². The van der Waals surface area contributed by atoms with Gasteiger partial charge in [0.25, 0.3) is 0 Å². The molecule has 0 aromatic heterocycles. The molecule has 0 aliphatic heterocycles. The molecule has 0 bridgehead atoms. The molecule has 0 saturated carbocycles. The molecule has 0 aliphatic carbocycles. The number of anilines is 1. The van der Waals surface area contributed by atoms with Crippen molar-refractivity contribution in [3.8, 4) is 6.07 Å². The molecular weight excluding hydrogens is 270 g/mol. The summed E-state index contributed by atoms with van der Waals surface area (Å²) in [5.74, 6) is -0.452. The molecule has 6 heteroatoms. The normalized spacial score (nSPS) is 10.0. The van der Waals surface area contributed by atoms with Crippen molar-refractivity contribution in [2.45, 2.75) is 13.3 Å². The maximum Gasteiger partial charge on any atom is 0.306 e. The van der Waals surface area contributed by atoms with E-state index >= 15 is 0 Å². The van der Waals surface area contributed by atoms with Crippen LogP contribution in [0.3, 0.4) is 0 Å². The average Bonchev–Trinajstić information content (AvgIpc) is 2.51. The number of methoxy groups -OCH3 is 1. The first-order chi connectivity index (χ1) is 10.1. The van der Waals surface area contributed by atoms with E-state index in [-0.39, 0.29) is 24.8 Å². The topological polar surface area (TPSA) is 82.4 Å². The summed E-state index contributed by atoms with van der Waals surface area (Å²) in [5.41, 5.74) is 1.18. The highest BCUT2D eigenvalue weighted by Gasteiger charge is 2.11. The second-order valence-electron chi connectivity index (χ2n) is 4.43. The first-order valence-electron chi connectivity index (χ1n) is 6.68. The fraction of sp³-hybridized carbons (Fsp3) is 0.400. The highest BCUT2D eigenvalue weighted by Crippen LogP contribution is 2.08. The van der Waals surface area contributed by atoms with Crippen LogP contribution in [0.1, 0.15) is 18.9 Å². The maximum absolute atomic E-state index is 11.9. The molecule has 0 fully saturated rings. The van der Waals surface area contributed by atoms with Crippen LogP contribution in [0.2, 0.25) is 0 Å². The highest BCUT2D eigenvalue weighted by molar-refractivity contribution is 5.92. The molecule has 0 heterocycles. The van der Waals surface area contributed by atoms with Gasteiger partial charge in [-0.05, 0) is 30.8 Å². The monoisotopic (exact) mass is 289 g/mol. The molecule has 0 radical (unpaired) electrons. The highest BCUT2D eigenvalue weighted by atomic mass is 16.5. The minimum absolute atomic E-state index is 0.161. The minimum Gasteiger partial charge on any atom is -0.469 e. The number of likely N-dealkylation sites (N-methyl/N-ethyl adjacent to an activating group) is 1. The molecule has 6 nitrogen and oxygen atoms in total. The van der Waals surface area contributed by atoms with Crippen LogP contribution in [-0.4, -0.2) is 43.5 Å². The third kappa shape index (κ3) is 6.06. The number of amides is 1. The van der Waals surface area contributed by atoms with Crippen LogP contribution < -0.4 is 5.32 Å². The molecule has 0 unspecified atom stereocenters. The van der Waals surface area contributed by atoms with Crippen molar-refractivity contribution in [2.24, 2.45) is 0 Å². The lowest BCUT2D eigenvalue weighted by molar-refractivity contribution is -0.141. The molecule has 1 aromatic rings. The Morgan fingerprint density at radius 3 is 2.52 bits per heavy atom. The fourth-order valence-electron chi connectivity index (χ4n) is 1.73. The van der Waals surface area contributed by atoms with E-state index in [1.807, 2.05) is 17.9 Å². The van der Waals surface area contributed by atoms with E-state index < -0.39 is 0 Å². The molecule has 1 N–H and O–H groups in total. The number of nitrogens with zero attached hydrogens (tertiary/aromatic N) is 2. The number of carbonyl (C=O) groups excluding carboxylic acids is 2. The Morgan fingerprint density at radius 1 is 1.33 bits per heavy atom. The van der Waals surface area contributed by atoms with Gasteiger partial charge in [-0.2, -0.15) is 5.26 Å². The van der Waals surface area contributed by atoms with Gasteiger partial charge in [-0.25, -0.2) is 0 Å². The molecule has 112 valence electrons. The number of ether oxygens (including phenoxy) is 1. The second-order valence-corrected chi connectivity index (χ2v) is 4.43. The first kappa shape index (κ1) is 16.7. The Labute approximate surface area is 124 Å².